The zero-order valence-electron chi connectivity index (χ0n) is 15.3. The fourth-order valence-electron chi connectivity index (χ4n) is 2.05. The van der Waals surface area contributed by atoms with Crippen LogP contribution in [0.15, 0.2) is 21.9 Å². The average Bonchev–Trinajstić information content (AvgIpc) is 2.87. The lowest BCUT2D eigenvalue weighted by molar-refractivity contribution is -0.0550. The molecule has 18 nitrogen and oxygen atoms in total. The number of phosphoric ester groups is 1. The minimum Gasteiger partial charge on any atom is -0.394 e. The molecule has 6 atom stereocenters. The van der Waals surface area contributed by atoms with Gasteiger partial charge in [-0.2, -0.15) is 8.62 Å². The van der Waals surface area contributed by atoms with Crippen molar-refractivity contribution in [3.63, 3.8) is 0 Å². The van der Waals surface area contributed by atoms with E-state index in [4.69, 9.17) is 29.4 Å². The van der Waals surface area contributed by atoms with Crippen LogP contribution in [0.3, 0.4) is 0 Å². The summed E-state index contributed by atoms with van der Waals surface area (Å²) in [7, 11) is -14.8. The van der Waals surface area contributed by atoms with Gasteiger partial charge in [-0.1, -0.05) is 0 Å². The van der Waals surface area contributed by atoms with Gasteiger partial charge in [0.2, 0.25) is 0 Å². The van der Waals surface area contributed by atoms with Gasteiger partial charge in [0.1, 0.15) is 18.3 Å². The maximum Gasteiger partial charge on any atom is 0.490 e. The molecule has 0 aromatic carbocycles. The number of aromatic amines is 1. The standard InChI is InChI=1S/C9H12N2O6.CH7O10P3/c12-3-4-6(14)7(15)8(17-4)11-2-1-5(13)10-9(11)16;1-9-13(5,6)11-14(7,8)10-12(2,3)4/h1-2,4,6-8,12,14-15H,3H2,(H,10,13,16);1H3,(H,5,6)(H,7,8)(H2,2,3,4)/t4-,6-,7-,8-;/m1./s1. The van der Waals surface area contributed by atoms with E-state index in [1.807, 2.05) is 4.98 Å². The molecule has 0 amide bonds. The Kier molecular flexibility index (Phi) is 9.65. The van der Waals surface area contributed by atoms with Crippen molar-refractivity contribution in [3.8, 4) is 0 Å². The molecule has 0 spiro atoms. The molecule has 1 aromatic rings. The minimum absolute atomic E-state index is 0.479. The van der Waals surface area contributed by atoms with Crippen LogP contribution in [0.1, 0.15) is 6.23 Å². The van der Waals surface area contributed by atoms with Crippen molar-refractivity contribution >= 4 is 23.5 Å². The van der Waals surface area contributed by atoms with Crippen molar-refractivity contribution in [2.45, 2.75) is 24.5 Å². The summed E-state index contributed by atoms with van der Waals surface area (Å²) in [6.07, 6.45) is -3.58. The minimum atomic E-state index is -5.35. The molecule has 2 heterocycles. The Bertz CT molecular complexity index is 1000. The molecule has 0 bridgehead atoms. The maximum atomic E-state index is 11.4. The zero-order chi connectivity index (χ0) is 24.2. The van der Waals surface area contributed by atoms with Crippen LogP contribution in [0, 0.1) is 0 Å². The van der Waals surface area contributed by atoms with Gasteiger partial charge in [-0.15, -0.1) is 0 Å². The molecule has 2 rings (SSSR count). The molecule has 21 heteroatoms. The van der Waals surface area contributed by atoms with Crippen LogP contribution in [0.2, 0.25) is 0 Å². The highest BCUT2D eigenvalue weighted by atomic mass is 31.3. The van der Waals surface area contributed by atoms with Gasteiger partial charge in [0.25, 0.3) is 5.56 Å². The van der Waals surface area contributed by atoms with Crippen molar-refractivity contribution in [3.05, 3.63) is 33.1 Å². The van der Waals surface area contributed by atoms with Gasteiger partial charge in [0, 0.05) is 19.4 Å². The second kappa shape index (κ2) is 10.7. The van der Waals surface area contributed by atoms with Crippen molar-refractivity contribution in [2.75, 3.05) is 13.7 Å². The predicted molar refractivity (Wildman–Crippen MR) is 95.2 cm³/mol. The molecular weight excluding hydrogens is 497 g/mol. The van der Waals surface area contributed by atoms with E-state index in [1.165, 1.54) is 0 Å². The summed E-state index contributed by atoms with van der Waals surface area (Å²) in [5.41, 5.74) is -1.33. The third kappa shape index (κ3) is 8.76. The van der Waals surface area contributed by atoms with E-state index in [0.717, 1.165) is 16.8 Å². The Morgan fingerprint density at radius 3 is 2.06 bits per heavy atom. The van der Waals surface area contributed by atoms with Gasteiger partial charge in [-0.3, -0.25) is 18.9 Å². The number of H-pyrrole nitrogens is 1. The quantitative estimate of drug-likeness (QED) is 0.169. The van der Waals surface area contributed by atoms with Gasteiger partial charge in [0.05, 0.1) is 6.61 Å². The van der Waals surface area contributed by atoms with Crippen LogP contribution in [0.25, 0.3) is 0 Å². The summed E-state index contributed by atoms with van der Waals surface area (Å²) in [5, 5.41) is 28.1. The molecule has 1 fully saturated rings. The van der Waals surface area contributed by atoms with E-state index in [9.17, 15) is 33.5 Å². The van der Waals surface area contributed by atoms with E-state index in [1.54, 1.807) is 0 Å². The number of aromatic nitrogens is 2. The van der Waals surface area contributed by atoms with Crippen LogP contribution in [-0.2, 0) is 31.6 Å². The number of aliphatic hydroxyl groups excluding tert-OH is 3. The van der Waals surface area contributed by atoms with Gasteiger partial charge in [-0.05, 0) is 0 Å². The second-order valence-corrected chi connectivity index (χ2v) is 10.0. The SMILES string of the molecule is COP(=O)(O)OP(=O)(O)OP(=O)(O)O.O=c1ccn([C@@H]2O[C@H](CO)[C@@H](O)[C@H]2O)c(=O)[nH]1. The highest BCUT2D eigenvalue weighted by Gasteiger charge is 2.43. The number of hydrogen-bond donors (Lipinski definition) is 8. The number of nitrogens with one attached hydrogen (secondary N) is 1. The molecule has 0 saturated carbocycles. The van der Waals surface area contributed by atoms with Gasteiger partial charge in [0.15, 0.2) is 6.23 Å². The van der Waals surface area contributed by atoms with E-state index in [2.05, 4.69) is 13.1 Å². The molecule has 2 unspecified atom stereocenters. The number of phosphoric acid groups is 3. The van der Waals surface area contributed by atoms with Crippen LogP contribution < -0.4 is 11.2 Å². The Labute approximate surface area is 171 Å². The first-order valence-electron chi connectivity index (χ1n) is 7.65. The fraction of sp³-hybridized carbons (Fsp3) is 0.600. The van der Waals surface area contributed by atoms with E-state index in [0.29, 0.717) is 7.11 Å². The lowest BCUT2D eigenvalue weighted by Gasteiger charge is -2.16. The molecular formula is C10H19N2O16P3. The predicted octanol–water partition coefficient (Wildman–Crippen LogP) is -2.89. The van der Waals surface area contributed by atoms with E-state index < -0.39 is 65.9 Å². The normalized spacial score (nSPS) is 27.6. The molecule has 180 valence electrons. The summed E-state index contributed by atoms with van der Waals surface area (Å²) in [6, 6.07) is 1.09. The fourth-order valence-corrected chi connectivity index (χ4v) is 4.82. The molecule has 1 aliphatic heterocycles. The lowest BCUT2D eigenvalue weighted by Crippen LogP contribution is -2.37. The monoisotopic (exact) mass is 516 g/mol. The van der Waals surface area contributed by atoms with Crippen LogP contribution >= 0.6 is 23.5 Å². The summed E-state index contributed by atoms with van der Waals surface area (Å²) < 4.78 is 47.6. The van der Waals surface area contributed by atoms with Crippen LogP contribution in [-0.4, -0.2) is 76.5 Å². The largest absolute Gasteiger partial charge is 0.490 e. The summed E-state index contributed by atoms with van der Waals surface area (Å²) in [5.74, 6) is 0. The second-order valence-electron chi connectivity index (χ2n) is 5.52. The first-order valence-corrected chi connectivity index (χ1v) is 12.2. The Morgan fingerprint density at radius 1 is 1.06 bits per heavy atom. The summed E-state index contributed by atoms with van der Waals surface area (Å²) in [4.78, 5) is 57.5. The van der Waals surface area contributed by atoms with Crippen LogP contribution in [0.4, 0.5) is 0 Å². The van der Waals surface area contributed by atoms with Crippen LogP contribution in [0.5, 0.6) is 0 Å². The first-order chi connectivity index (χ1) is 14.0. The van der Waals surface area contributed by atoms with Gasteiger partial charge < -0.3 is 39.6 Å². The molecule has 1 saturated heterocycles. The zero-order valence-corrected chi connectivity index (χ0v) is 17.9. The topological polar surface area (TPSA) is 285 Å². The maximum absolute atomic E-state index is 11.4. The number of ether oxygens (including phenoxy) is 1. The highest BCUT2D eigenvalue weighted by molar-refractivity contribution is 7.66. The summed E-state index contributed by atoms with van der Waals surface area (Å²) in [6.45, 7) is -0.479. The molecule has 8 N–H and O–H groups in total. The van der Waals surface area contributed by atoms with E-state index in [-0.39, 0.29) is 0 Å². The third-order valence-corrected chi connectivity index (χ3v) is 7.08. The van der Waals surface area contributed by atoms with E-state index >= 15 is 0 Å². The number of aliphatic hydroxyl groups is 3. The Morgan fingerprint density at radius 2 is 1.65 bits per heavy atom. The molecule has 1 aromatic heterocycles. The number of hydrogen-bond acceptors (Lipinski definition) is 12. The number of nitrogens with zero attached hydrogens (tertiary/aromatic N) is 1. The lowest BCUT2D eigenvalue weighted by atomic mass is 10.1. The molecule has 0 aliphatic carbocycles. The van der Waals surface area contributed by atoms with Crippen molar-refractivity contribution in [1.29, 1.82) is 0 Å². The highest BCUT2D eigenvalue weighted by Crippen LogP contribution is 2.65. The molecule has 31 heavy (non-hydrogen) atoms. The van der Waals surface area contributed by atoms with Gasteiger partial charge >= 0.3 is 29.2 Å². The molecule has 1 aliphatic rings. The van der Waals surface area contributed by atoms with Crippen molar-refractivity contribution < 1.29 is 66.5 Å². The average molecular weight is 516 g/mol. The smallest absolute Gasteiger partial charge is 0.394 e. The Balaban J connectivity index is 0.000000318. The summed E-state index contributed by atoms with van der Waals surface area (Å²) >= 11 is 0. The van der Waals surface area contributed by atoms with Gasteiger partial charge in [-0.25, -0.2) is 18.5 Å². The van der Waals surface area contributed by atoms with Crippen molar-refractivity contribution in [1.82, 2.24) is 9.55 Å². The molecule has 0 radical (unpaired) electrons. The Hall–Kier alpha value is -1.07. The first kappa shape index (κ1) is 28.0. The number of rotatable bonds is 7. The third-order valence-electron chi connectivity index (χ3n) is 3.29. The van der Waals surface area contributed by atoms with Crippen molar-refractivity contribution in [2.24, 2.45) is 0 Å².